The molecule has 1 atom stereocenters. The SMILES string of the molecule is CN1c2ccccc2C(c2cccs2)=NCC1CN=[N+]=[N-]. The molecule has 0 amide bonds. The molecule has 0 bridgehead atoms. The second-order valence-corrected chi connectivity index (χ2v) is 5.81. The Hall–Kier alpha value is -2.30. The highest BCUT2D eigenvalue weighted by molar-refractivity contribution is 7.12. The van der Waals surface area contributed by atoms with Gasteiger partial charge in [-0.05, 0) is 23.0 Å². The second kappa shape index (κ2) is 5.99. The van der Waals surface area contributed by atoms with Crippen molar-refractivity contribution in [2.45, 2.75) is 6.04 Å². The van der Waals surface area contributed by atoms with E-state index in [-0.39, 0.29) is 6.04 Å². The van der Waals surface area contributed by atoms with Crippen molar-refractivity contribution >= 4 is 22.7 Å². The molecule has 1 aliphatic heterocycles. The Morgan fingerprint density at radius 1 is 1.38 bits per heavy atom. The molecule has 0 N–H and O–H groups in total. The number of para-hydroxylation sites is 1. The van der Waals surface area contributed by atoms with Crippen LogP contribution in [-0.4, -0.2) is 31.9 Å². The van der Waals surface area contributed by atoms with Gasteiger partial charge in [-0.15, -0.1) is 11.3 Å². The van der Waals surface area contributed by atoms with Crippen molar-refractivity contribution in [2.75, 3.05) is 25.0 Å². The molecule has 0 aliphatic carbocycles. The summed E-state index contributed by atoms with van der Waals surface area (Å²) in [6, 6.07) is 12.5. The summed E-state index contributed by atoms with van der Waals surface area (Å²) < 4.78 is 0. The number of aliphatic imine (C=N–C) groups is 1. The number of likely N-dealkylation sites (N-methyl/N-ethyl adjacent to an activating group) is 1. The van der Waals surface area contributed by atoms with Crippen LogP contribution in [0, 0.1) is 0 Å². The highest BCUT2D eigenvalue weighted by Gasteiger charge is 2.23. The number of thiophene rings is 1. The fraction of sp³-hybridized carbons (Fsp3) is 0.267. The van der Waals surface area contributed by atoms with E-state index in [4.69, 9.17) is 10.5 Å². The number of anilines is 1. The Kier molecular flexibility index (Phi) is 3.90. The van der Waals surface area contributed by atoms with Crippen LogP contribution in [0.4, 0.5) is 5.69 Å². The minimum atomic E-state index is 0.0829. The van der Waals surface area contributed by atoms with Gasteiger partial charge in [-0.1, -0.05) is 29.4 Å². The molecule has 1 aliphatic rings. The van der Waals surface area contributed by atoms with Crippen molar-refractivity contribution in [3.8, 4) is 0 Å². The van der Waals surface area contributed by atoms with E-state index in [9.17, 15) is 0 Å². The van der Waals surface area contributed by atoms with E-state index in [1.165, 1.54) is 4.88 Å². The average molecular weight is 297 g/mol. The van der Waals surface area contributed by atoms with Crippen LogP contribution in [0.3, 0.4) is 0 Å². The maximum absolute atomic E-state index is 8.56. The predicted molar refractivity (Wildman–Crippen MR) is 87.5 cm³/mol. The quantitative estimate of drug-likeness (QED) is 0.484. The number of benzodiazepines with no additional fused rings is 1. The van der Waals surface area contributed by atoms with Crippen molar-refractivity contribution in [1.82, 2.24) is 0 Å². The van der Waals surface area contributed by atoms with Gasteiger partial charge in [0.1, 0.15) is 0 Å². The van der Waals surface area contributed by atoms with Crippen LogP contribution >= 0.6 is 11.3 Å². The maximum Gasteiger partial charge on any atom is 0.0840 e. The summed E-state index contributed by atoms with van der Waals surface area (Å²) in [5.41, 5.74) is 11.8. The van der Waals surface area contributed by atoms with Crippen molar-refractivity contribution < 1.29 is 0 Å². The van der Waals surface area contributed by atoms with Crippen LogP contribution in [0.1, 0.15) is 10.4 Å². The highest BCUT2D eigenvalue weighted by Crippen LogP contribution is 2.28. The molecular formula is C15H15N5S. The van der Waals surface area contributed by atoms with E-state index in [0.717, 1.165) is 17.0 Å². The molecule has 2 heterocycles. The average Bonchev–Trinajstić information content (AvgIpc) is 3.00. The maximum atomic E-state index is 8.56. The Morgan fingerprint density at radius 3 is 3.00 bits per heavy atom. The van der Waals surface area contributed by atoms with Gasteiger partial charge in [0.25, 0.3) is 0 Å². The molecule has 106 valence electrons. The molecule has 0 fully saturated rings. The number of rotatable bonds is 3. The van der Waals surface area contributed by atoms with Crippen molar-refractivity contribution in [3.63, 3.8) is 0 Å². The minimum Gasteiger partial charge on any atom is -0.369 e. The Morgan fingerprint density at radius 2 is 2.24 bits per heavy atom. The third kappa shape index (κ3) is 2.63. The lowest BCUT2D eigenvalue weighted by Crippen LogP contribution is -2.36. The number of hydrogen-bond donors (Lipinski definition) is 0. The summed E-state index contributed by atoms with van der Waals surface area (Å²) in [7, 11) is 2.03. The van der Waals surface area contributed by atoms with Gasteiger partial charge in [0.2, 0.25) is 0 Å². The smallest absolute Gasteiger partial charge is 0.0840 e. The zero-order chi connectivity index (χ0) is 14.7. The molecule has 1 aromatic heterocycles. The first-order valence-corrected chi connectivity index (χ1v) is 7.60. The predicted octanol–water partition coefficient (Wildman–Crippen LogP) is 3.71. The van der Waals surface area contributed by atoms with Crippen LogP contribution in [0.15, 0.2) is 51.9 Å². The number of nitrogens with zero attached hydrogens (tertiary/aromatic N) is 5. The molecule has 0 saturated carbocycles. The summed E-state index contributed by atoms with van der Waals surface area (Å²) in [4.78, 5) is 11.0. The van der Waals surface area contributed by atoms with Crippen LogP contribution in [-0.2, 0) is 0 Å². The second-order valence-electron chi connectivity index (χ2n) is 4.86. The highest BCUT2D eigenvalue weighted by atomic mass is 32.1. The first-order chi connectivity index (χ1) is 10.3. The normalized spacial score (nSPS) is 17.5. The van der Waals surface area contributed by atoms with Gasteiger partial charge < -0.3 is 4.90 Å². The molecule has 0 spiro atoms. The zero-order valence-electron chi connectivity index (χ0n) is 11.7. The largest absolute Gasteiger partial charge is 0.369 e. The first-order valence-electron chi connectivity index (χ1n) is 6.72. The zero-order valence-corrected chi connectivity index (χ0v) is 12.5. The van der Waals surface area contributed by atoms with Crippen molar-refractivity contribution in [1.29, 1.82) is 0 Å². The molecule has 2 aromatic rings. The van der Waals surface area contributed by atoms with Gasteiger partial charge in [0.05, 0.1) is 23.2 Å². The van der Waals surface area contributed by atoms with Gasteiger partial charge in [0.15, 0.2) is 0 Å². The molecule has 0 saturated heterocycles. The van der Waals surface area contributed by atoms with Crippen LogP contribution < -0.4 is 4.90 Å². The lowest BCUT2D eigenvalue weighted by Gasteiger charge is -2.27. The lowest BCUT2D eigenvalue weighted by molar-refractivity contribution is 0.651. The third-order valence-electron chi connectivity index (χ3n) is 3.66. The van der Waals surface area contributed by atoms with Crippen LogP contribution in [0.2, 0.25) is 0 Å². The molecular weight excluding hydrogens is 282 g/mol. The minimum absolute atomic E-state index is 0.0829. The first kappa shape index (κ1) is 13.7. The fourth-order valence-corrected chi connectivity index (χ4v) is 3.26. The van der Waals surface area contributed by atoms with E-state index >= 15 is 0 Å². The van der Waals surface area contributed by atoms with Crippen LogP contribution in [0.25, 0.3) is 10.4 Å². The van der Waals surface area contributed by atoms with Crippen molar-refractivity contribution in [2.24, 2.45) is 10.1 Å². The Labute approximate surface area is 127 Å². The molecule has 1 aromatic carbocycles. The molecule has 5 nitrogen and oxygen atoms in total. The molecule has 3 rings (SSSR count). The van der Waals surface area contributed by atoms with Crippen LogP contribution in [0.5, 0.6) is 0 Å². The van der Waals surface area contributed by atoms with Crippen molar-refractivity contribution in [3.05, 3.63) is 62.7 Å². The summed E-state index contributed by atoms with van der Waals surface area (Å²) in [5.74, 6) is 0. The summed E-state index contributed by atoms with van der Waals surface area (Å²) in [5, 5.41) is 5.78. The van der Waals surface area contributed by atoms with E-state index in [1.54, 1.807) is 11.3 Å². The van der Waals surface area contributed by atoms with E-state index < -0.39 is 0 Å². The fourth-order valence-electron chi connectivity index (χ4n) is 2.52. The topological polar surface area (TPSA) is 64.4 Å². The van der Waals surface area contributed by atoms with Gasteiger partial charge in [-0.2, -0.15) is 0 Å². The molecule has 0 radical (unpaired) electrons. The number of benzene rings is 1. The number of hydrogen-bond acceptors (Lipinski definition) is 4. The third-order valence-corrected chi connectivity index (χ3v) is 4.53. The standard InChI is InChI=1S/C15H15N5S/c1-20-11(10-18-19-16)9-17-15(14-7-4-8-21-14)12-5-2-3-6-13(12)20/h2-8,11H,9-10H2,1H3. The summed E-state index contributed by atoms with van der Waals surface area (Å²) in [6.45, 7) is 1.04. The van der Waals surface area contributed by atoms with E-state index in [0.29, 0.717) is 13.1 Å². The Balaban J connectivity index is 2.08. The van der Waals surface area contributed by atoms with E-state index in [2.05, 4.69) is 38.5 Å². The summed E-state index contributed by atoms with van der Waals surface area (Å²) >= 11 is 1.69. The molecule has 1 unspecified atom stereocenters. The van der Waals surface area contributed by atoms with Gasteiger partial charge in [0, 0.05) is 29.8 Å². The molecule has 6 heteroatoms. The molecule has 21 heavy (non-hydrogen) atoms. The van der Waals surface area contributed by atoms with Gasteiger partial charge in [-0.25, -0.2) is 0 Å². The van der Waals surface area contributed by atoms with E-state index in [1.807, 2.05) is 25.2 Å². The lowest BCUT2D eigenvalue weighted by atomic mass is 10.1. The van der Waals surface area contributed by atoms with Gasteiger partial charge >= 0.3 is 0 Å². The monoisotopic (exact) mass is 297 g/mol. The number of fused-ring (bicyclic) bond motifs is 1. The number of azide groups is 1. The Bertz CT molecular complexity index is 701. The summed E-state index contributed by atoms with van der Waals surface area (Å²) in [6.07, 6.45) is 0. The van der Waals surface area contributed by atoms with Gasteiger partial charge in [-0.3, -0.25) is 4.99 Å².